The quantitative estimate of drug-likeness (QED) is 0.561. The van der Waals surface area contributed by atoms with E-state index in [1.54, 1.807) is 0 Å². The summed E-state index contributed by atoms with van der Waals surface area (Å²) in [6.07, 6.45) is 2.76. The number of carboxylic acid groups (broad SMARTS) is 2. The van der Waals surface area contributed by atoms with Gasteiger partial charge in [-0.15, -0.1) is 0 Å². The van der Waals surface area contributed by atoms with Crippen molar-refractivity contribution in [1.82, 2.24) is 5.32 Å². The van der Waals surface area contributed by atoms with Crippen molar-refractivity contribution in [3.8, 4) is 0 Å². The fourth-order valence-electron chi connectivity index (χ4n) is 1.92. The zero-order chi connectivity index (χ0) is 14.8. The molecule has 0 fully saturated rings. The molecule has 3 N–H and O–H groups in total. The molecule has 0 bridgehead atoms. The van der Waals surface area contributed by atoms with Gasteiger partial charge in [-0.1, -0.05) is 26.7 Å². The minimum atomic E-state index is -1.19. The summed E-state index contributed by atoms with van der Waals surface area (Å²) in [5.41, 5.74) is 0. The van der Waals surface area contributed by atoms with Gasteiger partial charge in [0.2, 0.25) is 5.91 Å². The molecule has 1 atom stereocenters. The first kappa shape index (κ1) is 17.4. The number of carbonyl (C=O) groups is 3. The van der Waals surface area contributed by atoms with Crippen LogP contribution in [0.25, 0.3) is 0 Å². The van der Waals surface area contributed by atoms with Crippen LogP contribution in [-0.4, -0.2) is 34.1 Å². The van der Waals surface area contributed by atoms with E-state index in [9.17, 15) is 14.4 Å². The summed E-state index contributed by atoms with van der Waals surface area (Å²) in [7, 11) is 0. The highest BCUT2D eigenvalue weighted by Crippen LogP contribution is 2.14. The molecule has 0 saturated carbocycles. The standard InChI is InChI=1S/C13H23NO5/c1-3-5-9(6-4-2)12(17)14-10(13(18)19)7-8-11(15)16/h9-10H,3-8H2,1-2H3,(H,14,17)(H,15,16)(H,18,19)/t10-/m0/s1. The Morgan fingerprint density at radius 2 is 1.53 bits per heavy atom. The van der Waals surface area contributed by atoms with Crippen LogP contribution in [0.2, 0.25) is 0 Å². The third-order valence-corrected chi connectivity index (χ3v) is 2.91. The second-order valence-electron chi connectivity index (χ2n) is 4.61. The van der Waals surface area contributed by atoms with Crippen LogP contribution >= 0.6 is 0 Å². The maximum Gasteiger partial charge on any atom is 0.326 e. The zero-order valence-corrected chi connectivity index (χ0v) is 11.5. The molecule has 6 heteroatoms. The van der Waals surface area contributed by atoms with Gasteiger partial charge in [0.1, 0.15) is 6.04 Å². The SMILES string of the molecule is CCCC(CCC)C(=O)N[C@@H](CCC(=O)O)C(=O)O. The summed E-state index contributed by atoms with van der Waals surface area (Å²) in [6, 6.07) is -1.13. The first-order chi connectivity index (χ1) is 8.92. The first-order valence-electron chi connectivity index (χ1n) is 6.67. The molecule has 0 aliphatic rings. The molecule has 0 unspecified atom stereocenters. The Kier molecular flexibility index (Phi) is 8.57. The van der Waals surface area contributed by atoms with Gasteiger partial charge in [-0.2, -0.15) is 0 Å². The minimum Gasteiger partial charge on any atom is -0.481 e. The predicted octanol–water partition coefficient (Wildman–Crippen LogP) is 1.64. The van der Waals surface area contributed by atoms with Gasteiger partial charge in [-0.3, -0.25) is 9.59 Å². The molecule has 0 saturated heterocycles. The zero-order valence-electron chi connectivity index (χ0n) is 11.5. The molecule has 6 nitrogen and oxygen atoms in total. The van der Waals surface area contributed by atoms with E-state index >= 15 is 0 Å². The fraction of sp³-hybridized carbons (Fsp3) is 0.769. The number of hydrogen-bond acceptors (Lipinski definition) is 3. The van der Waals surface area contributed by atoms with Crippen molar-refractivity contribution in [3.05, 3.63) is 0 Å². The summed E-state index contributed by atoms with van der Waals surface area (Å²) in [5, 5.41) is 20.0. The Hall–Kier alpha value is -1.59. The van der Waals surface area contributed by atoms with Gasteiger partial charge >= 0.3 is 11.9 Å². The van der Waals surface area contributed by atoms with Crippen molar-refractivity contribution in [2.45, 2.75) is 58.4 Å². The topological polar surface area (TPSA) is 104 Å². The molecular weight excluding hydrogens is 250 g/mol. The molecule has 0 aromatic carbocycles. The summed E-state index contributed by atoms with van der Waals surface area (Å²) in [4.78, 5) is 33.4. The van der Waals surface area contributed by atoms with Crippen LogP contribution in [0.15, 0.2) is 0 Å². The van der Waals surface area contributed by atoms with Crippen molar-refractivity contribution in [2.75, 3.05) is 0 Å². The van der Waals surface area contributed by atoms with Gasteiger partial charge in [0.05, 0.1) is 0 Å². The smallest absolute Gasteiger partial charge is 0.326 e. The normalized spacial score (nSPS) is 12.2. The molecule has 0 aromatic rings. The third kappa shape index (κ3) is 7.43. The lowest BCUT2D eigenvalue weighted by atomic mass is 9.96. The van der Waals surface area contributed by atoms with Crippen LogP contribution in [0.3, 0.4) is 0 Å². The molecule has 0 heterocycles. The van der Waals surface area contributed by atoms with E-state index in [0.29, 0.717) is 12.8 Å². The Morgan fingerprint density at radius 3 is 1.89 bits per heavy atom. The van der Waals surface area contributed by atoms with Crippen molar-refractivity contribution < 1.29 is 24.6 Å². The van der Waals surface area contributed by atoms with Crippen LogP contribution in [0.4, 0.5) is 0 Å². The monoisotopic (exact) mass is 273 g/mol. The van der Waals surface area contributed by atoms with Gasteiger partial charge < -0.3 is 15.5 Å². The van der Waals surface area contributed by atoms with E-state index in [-0.39, 0.29) is 24.7 Å². The molecule has 0 spiro atoms. The molecular formula is C13H23NO5. The molecule has 0 radical (unpaired) electrons. The summed E-state index contributed by atoms with van der Waals surface area (Å²) in [6.45, 7) is 3.93. The third-order valence-electron chi connectivity index (χ3n) is 2.91. The van der Waals surface area contributed by atoms with E-state index in [1.807, 2.05) is 13.8 Å². The van der Waals surface area contributed by atoms with Crippen LogP contribution < -0.4 is 5.32 Å². The highest BCUT2D eigenvalue weighted by atomic mass is 16.4. The lowest BCUT2D eigenvalue weighted by molar-refractivity contribution is -0.143. The molecule has 0 aliphatic carbocycles. The van der Waals surface area contributed by atoms with E-state index in [1.165, 1.54) is 0 Å². The van der Waals surface area contributed by atoms with Gasteiger partial charge in [0.15, 0.2) is 0 Å². The van der Waals surface area contributed by atoms with Crippen molar-refractivity contribution in [1.29, 1.82) is 0 Å². The number of hydrogen-bond donors (Lipinski definition) is 3. The number of rotatable bonds is 10. The van der Waals surface area contributed by atoms with E-state index in [2.05, 4.69) is 5.32 Å². The molecule has 19 heavy (non-hydrogen) atoms. The van der Waals surface area contributed by atoms with Crippen LogP contribution in [0, 0.1) is 5.92 Å². The minimum absolute atomic E-state index is 0.0959. The van der Waals surface area contributed by atoms with Crippen molar-refractivity contribution >= 4 is 17.8 Å². The van der Waals surface area contributed by atoms with Crippen LogP contribution in [0.1, 0.15) is 52.4 Å². The Morgan fingerprint density at radius 1 is 1.00 bits per heavy atom. The van der Waals surface area contributed by atoms with Gasteiger partial charge in [-0.25, -0.2) is 4.79 Å². The average Bonchev–Trinajstić information content (AvgIpc) is 2.33. The molecule has 0 aromatic heterocycles. The maximum atomic E-state index is 12.0. The number of nitrogens with one attached hydrogen (secondary N) is 1. The predicted molar refractivity (Wildman–Crippen MR) is 69.7 cm³/mol. The van der Waals surface area contributed by atoms with Gasteiger partial charge in [0, 0.05) is 12.3 Å². The van der Waals surface area contributed by atoms with Crippen LogP contribution in [-0.2, 0) is 14.4 Å². The second kappa shape index (κ2) is 9.35. The lowest BCUT2D eigenvalue weighted by Crippen LogP contribution is -2.43. The summed E-state index contributed by atoms with van der Waals surface area (Å²) < 4.78 is 0. The number of carboxylic acids is 2. The Labute approximate surface area is 113 Å². The second-order valence-corrected chi connectivity index (χ2v) is 4.61. The van der Waals surface area contributed by atoms with E-state index < -0.39 is 18.0 Å². The highest BCUT2D eigenvalue weighted by molar-refractivity contribution is 5.85. The molecule has 110 valence electrons. The maximum absolute atomic E-state index is 12.0. The van der Waals surface area contributed by atoms with E-state index in [0.717, 1.165) is 12.8 Å². The Bertz CT molecular complexity index is 310. The first-order valence-corrected chi connectivity index (χ1v) is 6.67. The van der Waals surface area contributed by atoms with Gasteiger partial charge in [0.25, 0.3) is 0 Å². The molecule has 0 aliphatic heterocycles. The average molecular weight is 273 g/mol. The van der Waals surface area contributed by atoms with Gasteiger partial charge in [-0.05, 0) is 19.3 Å². The Balaban J connectivity index is 4.49. The van der Waals surface area contributed by atoms with Crippen LogP contribution in [0.5, 0.6) is 0 Å². The number of aliphatic carboxylic acids is 2. The van der Waals surface area contributed by atoms with E-state index in [4.69, 9.17) is 10.2 Å². The van der Waals surface area contributed by atoms with Crippen molar-refractivity contribution in [3.63, 3.8) is 0 Å². The number of amides is 1. The summed E-state index contributed by atoms with van der Waals surface area (Å²) in [5.74, 6) is -2.75. The van der Waals surface area contributed by atoms with Crippen molar-refractivity contribution in [2.24, 2.45) is 5.92 Å². The highest BCUT2D eigenvalue weighted by Gasteiger charge is 2.24. The largest absolute Gasteiger partial charge is 0.481 e. The fourth-order valence-corrected chi connectivity index (χ4v) is 1.92. The summed E-state index contributed by atoms with van der Waals surface area (Å²) >= 11 is 0. The molecule has 0 rings (SSSR count). The lowest BCUT2D eigenvalue weighted by Gasteiger charge is -2.19. The number of carbonyl (C=O) groups excluding carboxylic acids is 1. The molecule has 1 amide bonds.